The van der Waals surface area contributed by atoms with Crippen LogP contribution in [0.5, 0.6) is 0 Å². The normalized spacial score (nSPS) is 17.9. The molecule has 0 aromatic carbocycles. The Labute approximate surface area is 137 Å². The van der Waals surface area contributed by atoms with Gasteiger partial charge in [0.15, 0.2) is 0 Å². The monoisotopic (exact) mass is 318 g/mol. The van der Waals surface area contributed by atoms with Crippen LogP contribution >= 0.6 is 0 Å². The summed E-state index contributed by atoms with van der Waals surface area (Å²) in [5, 5.41) is 5.84. The highest BCUT2D eigenvalue weighted by molar-refractivity contribution is 5.93. The zero-order valence-electron chi connectivity index (χ0n) is 14.1. The van der Waals surface area contributed by atoms with Crippen LogP contribution in [0.1, 0.15) is 32.4 Å². The van der Waals surface area contributed by atoms with Gasteiger partial charge in [-0.1, -0.05) is 13.8 Å². The molecule has 0 unspecified atom stereocenters. The molecule has 3 amide bonds. The number of urea groups is 1. The molecule has 2 heterocycles. The van der Waals surface area contributed by atoms with Crippen molar-refractivity contribution < 1.29 is 9.59 Å². The second kappa shape index (κ2) is 7.94. The molecule has 1 saturated heterocycles. The van der Waals surface area contributed by atoms with Gasteiger partial charge < -0.3 is 15.5 Å². The molecule has 0 spiro atoms. The van der Waals surface area contributed by atoms with Gasteiger partial charge in [0.2, 0.25) is 5.91 Å². The molecule has 0 bridgehead atoms. The minimum atomic E-state index is -0.165. The predicted molar refractivity (Wildman–Crippen MR) is 90.1 cm³/mol. The smallest absolute Gasteiger partial charge is 0.317 e. The van der Waals surface area contributed by atoms with Gasteiger partial charge in [-0.2, -0.15) is 0 Å². The fraction of sp³-hybridized carbons (Fsp3) is 0.588. The summed E-state index contributed by atoms with van der Waals surface area (Å²) in [4.78, 5) is 30.4. The van der Waals surface area contributed by atoms with E-state index >= 15 is 0 Å². The van der Waals surface area contributed by atoms with Crippen LogP contribution in [-0.4, -0.2) is 41.5 Å². The van der Waals surface area contributed by atoms with Crippen molar-refractivity contribution in [2.75, 3.05) is 25.0 Å². The molecule has 2 N–H and O–H groups in total. The first-order valence-electron chi connectivity index (χ1n) is 8.22. The van der Waals surface area contributed by atoms with E-state index in [2.05, 4.69) is 29.5 Å². The number of likely N-dealkylation sites (tertiary alicyclic amines) is 1. The third-order valence-corrected chi connectivity index (χ3v) is 3.91. The molecular weight excluding hydrogens is 292 g/mol. The zero-order chi connectivity index (χ0) is 16.8. The highest BCUT2D eigenvalue weighted by atomic mass is 16.2. The lowest BCUT2D eigenvalue weighted by Crippen LogP contribution is -2.48. The van der Waals surface area contributed by atoms with Crippen LogP contribution in [-0.2, 0) is 4.79 Å². The number of carbonyl (C=O) groups is 2. The minimum Gasteiger partial charge on any atom is -0.338 e. The Balaban J connectivity index is 1.89. The maximum absolute atomic E-state index is 12.4. The molecule has 1 aromatic rings. The van der Waals surface area contributed by atoms with E-state index in [1.807, 2.05) is 13.0 Å². The third kappa shape index (κ3) is 5.23. The van der Waals surface area contributed by atoms with Crippen molar-refractivity contribution in [2.24, 2.45) is 11.8 Å². The van der Waals surface area contributed by atoms with E-state index in [1.165, 1.54) is 0 Å². The van der Waals surface area contributed by atoms with E-state index in [1.54, 1.807) is 17.2 Å². The average Bonchev–Trinajstić information content (AvgIpc) is 2.52. The molecule has 6 nitrogen and oxygen atoms in total. The topological polar surface area (TPSA) is 74.3 Å². The van der Waals surface area contributed by atoms with E-state index in [-0.39, 0.29) is 17.9 Å². The Kier molecular flexibility index (Phi) is 5.96. The van der Waals surface area contributed by atoms with Crippen molar-refractivity contribution in [3.63, 3.8) is 0 Å². The molecular formula is C17H26N4O2. The summed E-state index contributed by atoms with van der Waals surface area (Å²) in [6.07, 6.45) is 3.34. The summed E-state index contributed by atoms with van der Waals surface area (Å²) >= 11 is 0. The van der Waals surface area contributed by atoms with Crippen molar-refractivity contribution in [1.29, 1.82) is 0 Å². The molecule has 1 aromatic heterocycles. The van der Waals surface area contributed by atoms with Crippen LogP contribution in [0.15, 0.2) is 18.3 Å². The van der Waals surface area contributed by atoms with E-state index in [0.29, 0.717) is 25.6 Å². The van der Waals surface area contributed by atoms with E-state index in [9.17, 15) is 9.59 Å². The largest absolute Gasteiger partial charge is 0.338 e. The highest BCUT2D eigenvalue weighted by Crippen LogP contribution is 2.19. The molecule has 1 fully saturated rings. The summed E-state index contributed by atoms with van der Waals surface area (Å²) in [7, 11) is 0. The molecule has 1 aliphatic heterocycles. The van der Waals surface area contributed by atoms with Crippen LogP contribution in [0.3, 0.4) is 0 Å². The minimum absolute atomic E-state index is 0.0306. The second-order valence-corrected chi connectivity index (χ2v) is 6.54. The molecule has 126 valence electrons. The fourth-order valence-corrected chi connectivity index (χ4v) is 2.65. The number of pyridine rings is 1. The maximum atomic E-state index is 12.4. The van der Waals surface area contributed by atoms with E-state index in [0.717, 1.165) is 24.2 Å². The van der Waals surface area contributed by atoms with Gasteiger partial charge >= 0.3 is 6.03 Å². The lowest BCUT2D eigenvalue weighted by Gasteiger charge is -2.32. The summed E-state index contributed by atoms with van der Waals surface area (Å²) in [6.45, 7) is 7.84. The van der Waals surface area contributed by atoms with Gasteiger partial charge in [-0.25, -0.2) is 4.79 Å². The molecule has 1 atom stereocenters. The van der Waals surface area contributed by atoms with Crippen molar-refractivity contribution in [3.8, 4) is 0 Å². The van der Waals surface area contributed by atoms with Gasteiger partial charge in [0.25, 0.3) is 0 Å². The van der Waals surface area contributed by atoms with Gasteiger partial charge in [0.05, 0.1) is 5.92 Å². The quantitative estimate of drug-likeness (QED) is 0.895. The van der Waals surface area contributed by atoms with Crippen LogP contribution in [0.2, 0.25) is 0 Å². The Morgan fingerprint density at radius 3 is 2.91 bits per heavy atom. The summed E-state index contributed by atoms with van der Waals surface area (Å²) < 4.78 is 0. The molecule has 1 aliphatic rings. The molecule has 0 saturated carbocycles. The summed E-state index contributed by atoms with van der Waals surface area (Å²) in [5.74, 6) is 0.219. The SMILES string of the molecule is Cc1cc(NC(=O)[C@@H]2CCCN(C(=O)NCC(C)C)C2)ccn1. The number of rotatable bonds is 4. The van der Waals surface area contributed by atoms with Crippen molar-refractivity contribution >= 4 is 17.6 Å². The lowest BCUT2D eigenvalue weighted by atomic mass is 9.97. The Bertz CT molecular complexity index is 559. The number of aromatic nitrogens is 1. The summed E-state index contributed by atoms with van der Waals surface area (Å²) in [6, 6.07) is 3.55. The van der Waals surface area contributed by atoms with E-state index < -0.39 is 0 Å². The van der Waals surface area contributed by atoms with Crippen LogP contribution in [0, 0.1) is 18.8 Å². The third-order valence-electron chi connectivity index (χ3n) is 3.91. The molecule has 6 heteroatoms. The van der Waals surface area contributed by atoms with Gasteiger partial charge in [0, 0.05) is 37.2 Å². The van der Waals surface area contributed by atoms with Gasteiger partial charge in [0.1, 0.15) is 0 Å². The number of amides is 3. The van der Waals surface area contributed by atoms with Crippen molar-refractivity contribution in [3.05, 3.63) is 24.0 Å². The summed E-state index contributed by atoms with van der Waals surface area (Å²) in [5.41, 5.74) is 1.62. The number of anilines is 1. The molecule has 23 heavy (non-hydrogen) atoms. The molecule has 0 aliphatic carbocycles. The Hall–Kier alpha value is -2.11. The molecule has 0 radical (unpaired) electrons. The van der Waals surface area contributed by atoms with Crippen molar-refractivity contribution in [2.45, 2.75) is 33.6 Å². The zero-order valence-corrected chi connectivity index (χ0v) is 14.1. The maximum Gasteiger partial charge on any atom is 0.317 e. The number of nitrogens with zero attached hydrogens (tertiary/aromatic N) is 2. The number of hydrogen-bond acceptors (Lipinski definition) is 3. The first kappa shape index (κ1) is 17.2. The fourth-order valence-electron chi connectivity index (χ4n) is 2.65. The number of carbonyl (C=O) groups excluding carboxylic acids is 2. The first-order chi connectivity index (χ1) is 11.0. The number of nitrogens with one attached hydrogen (secondary N) is 2. The number of aryl methyl sites for hydroxylation is 1. The van der Waals surface area contributed by atoms with Crippen molar-refractivity contribution in [1.82, 2.24) is 15.2 Å². The Morgan fingerprint density at radius 2 is 2.22 bits per heavy atom. The Morgan fingerprint density at radius 1 is 1.43 bits per heavy atom. The first-order valence-corrected chi connectivity index (χ1v) is 8.22. The molecule has 2 rings (SSSR count). The highest BCUT2D eigenvalue weighted by Gasteiger charge is 2.28. The predicted octanol–water partition coefficient (Wildman–Crippen LogP) is 2.41. The van der Waals surface area contributed by atoms with E-state index in [4.69, 9.17) is 0 Å². The number of hydrogen-bond donors (Lipinski definition) is 2. The van der Waals surface area contributed by atoms with Crippen LogP contribution < -0.4 is 10.6 Å². The average molecular weight is 318 g/mol. The standard InChI is InChI=1S/C17H26N4O2/c1-12(2)10-19-17(23)21-8-4-5-14(11-21)16(22)20-15-6-7-18-13(3)9-15/h6-7,9,12,14H,4-5,8,10-11H2,1-3H3,(H,19,23)(H,18,20,22)/t14-/m1/s1. The van der Waals surface area contributed by atoms with Crippen LogP contribution in [0.4, 0.5) is 10.5 Å². The van der Waals surface area contributed by atoms with Gasteiger partial charge in [-0.3, -0.25) is 9.78 Å². The second-order valence-electron chi connectivity index (χ2n) is 6.54. The van der Waals surface area contributed by atoms with Gasteiger partial charge in [-0.15, -0.1) is 0 Å². The van der Waals surface area contributed by atoms with Gasteiger partial charge in [-0.05, 0) is 37.8 Å². The number of piperidine rings is 1. The lowest BCUT2D eigenvalue weighted by molar-refractivity contribution is -0.121. The van der Waals surface area contributed by atoms with Crippen LogP contribution in [0.25, 0.3) is 0 Å².